The van der Waals surface area contributed by atoms with Gasteiger partial charge in [0.1, 0.15) is 5.82 Å². The van der Waals surface area contributed by atoms with Gasteiger partial charge in [-0.2, -0.15) is 5.10 Å². The van der Waals surface area contributed by atoms with Gasteiger partial charge in [0, 0.05) is 13.2 Å². The number of nitrogens with zero attached hydrogens (tertiary/aromatic N) is 2. The molecule has 0 atom stereocenters. The van der Waals surface area contributed by atoms with Gasteiger partial charge >= 0.3 is 0 Å². The highest BCUT2D eigenvalue weighted by molar-refractivity contribution is 6.33. The molecule has 0 spiro atoms. The van der Waals surface area contributed by atoms with E-state index < -0.39 is 0 Å². The summed E-state index contributed by atoms with van der Waals surface area (Å²) in [6.07, 6.45) is 1.75. The van der Waals surface area contributed by atoms with Crippen LogP contribution in [0.25, 0.3) is 11.3 Å². The second-order valence-corrected chi connectivity index (χ2v) is 3.38. The van der Waals surface area contributed by atoms with Crippen molar-refractivity contribution in [2.45, 2.75) is 0 Å². The van der Waals surface area contributed by atoms with Crippen LogP contribution in [0.1, 0.15) is 0 Å². The van der Waals surface area contributed by atoms with Crippen LogP contribution in [0.2, 0.25) is 5.02 Å². The smallest absolute Gasteiger partial charge is 0.134 e. The van der Waals surface area contributed by atoms with Crippen molar-refractivity contribution in [2.24, 2.45) is 7.05 Å². The molecule has 72 valence electrons. The number of rotatable bonds is 1. The van der Waals surface area contributed by atoms with Crippen molar-refractivity contribution in [3.63, 3.8) is 0 Å². The maximum atomic E-state index is 13.4. The van der Waals surface area contributed by atoms with E-state index in [1.165, 1.54) is 6.07 Å². The highest BCUT2D eigenvalue weighted by Crippen LogP contribution is 2.28. The van der Waals surface area contributed by atoms with Crippen molar-refractivity contribution < 1.29 is 4.39 Å². The van der Waals surface area contributed by atoms with Gasteiger partial charge in [0.2, 0.25) is 0 Å². The van der Waals surface area contributed by atoms with E-state index in [0.29, 0.717) is 16.3 Å². The second-order valence-electron chi connectivity index (χ2n) is 2.97. The third kappa shape index (κ3) is 1.51. The zero-order valence-corrected chi connectivity index (χ0v) is 8.29. The summed E-state index contributed by atoms with van der Waals surface area (Å²) in [6, 6.07) is 6.32. The van der Waals surface area contributed by atoms with E-state index in [9.17, 15) is 4.39 Å². The lowest BCUT2D eigenvalue weighted by atomic mass is 10.1. The zero-order chi connectivity index (χ0) is 10.1. The van der Waals surface area contributed by atoms with E-state index in [1.807, 2.05) is 0 Å². The zero-order valence-electron chi connectivity index (χ0n) is 7.54. The predicted octanol–water partition coefficient (Wildman–Crippen LogP) is 2.88. The molecule has 1 heterocycles. The van der Waals surface area contributed by atoms with Crippen molar-refractivity contribution >= 4 is 11.6 Å². The summed E-state index contributed by atoms with van der Waals surface area (Å²) < 4.78 is 15.0. The molecule has 0 radical (unpaired) electrons. The summed E-state index contributed by atoms with van der Waals surface area (Å²) in [5.41, 5.74) is 0.908. The monoisotopic (exact) mass is 210 g/mol. The predicted molar refractivity (Wildman–Crippen MR) is 53.6 cm³/mol. The van der Waals surface area contributed by atoms with Crippen LogP contribution >= 0.6 is 11.6 Å². The highest BCUT2D eigenvalue weighted by atomic mass is 35.5. The molecule has 0 aliphatic carbocycles. The molecule has 0 fully saturated rings. The number of benzene rings is 1. The molecule has 0 bridgehead atoms. The molecule has 0 amide bonds. The Kier molecular flexibility index (Phi) is 2.25. The minimum absolute atomic E-state index is 0.351. The van der Waals surface area contributed by atoms with Gasteiger partial charge in [-0.05, 0) is 18.2 Å². The molecule has 0 unspecified atom stereocenters. The number of aryl methyl sites for hydroxylation is 1. The molecule has 0 saturated carbocycles. The Morgan fingerprint density at radius 3 is 2.71 bits per heavy atom. The maximum Gasteiger partial charge on any atom is 0.134 e. The average molecular weight is 211 g/mol. The first kappa shape index (κ1) is 9.21. The Labute approximate surface area is 85.9 Å². The Morgan fingerprint density at radius 1 is 1.36 bits per heavy atom. The SMILES string of the molecule is Cn1ccc(-c2c(F)cccc2Cl)n1. The van der Waals surface area contributed by atoms with Crippen molar-refractivity contribution in [1.82, 2.24) is 9.78 Å². The Balaban J connectivity index is 2.61. The molecular weight excluding hydrogens is 203 g/mol. The largest absolute Gasteiger partial charge is 0.275 e. The van der Waals surface area contributed by atoms with Gasteiger partial charge in [-0.25, -0.2) is 4.39 Å². The lowest BCUT2D eigenvalue weighted by Gasteiger charge is -2.01. The van der Waals surface area contributed by atoms with Gasteiger partial charge in [0.25, 0.3) is 0 Å². The Morgan fingerprint density at radius 2 is 2.14 bits per heavy atom. The van der Waals surface area contributed by atoms with Crippen molar-refractivity contribution in [1.29, 1.82) is 0 Å². The van der Waals surface area contributed by atoms with Crippen LogP contribution in [0.15, 0.2) is 30.5 Å². The van der Waals surface area contributed by atoms with Gasteiger partial charge in [0.15, 0.2) is 0 Å². The summed E-state index contributed by atoms with van der Waals surface area (Å²) in [5, 5.41) is 4.47. The highest BCUT2D eigenvalue weighted by Gasteiger charge is 2.11. The lowest BCUT2D eigenvalue weighted by molar-refractivity contribution is 0.630. The first-order valence-corrected chi connectivity index (χ1v) is 4.50. The quantitative estimate of drug-likeness (QED) is 0.708. The van der Waals surface area contributed by atoms with E-state index in [-0.39, 0.29) is 5.82 Å². The fraction of sp³-hybridized carbons (Fsp3) is 0.100. The summed E-state index contributed by atoms with van der Waals surface area (Å²) in [6.45, 7) is 0. The molecule has 0 N–H and O–H groups in total. The number of aromatic nitrogens is 2. The number of hydrogen-bond donors (Lipinski definition) is 0. The third-order valence-electron chi connectivity index (χ3n) is 1.93. The summed E-state index contributed by atoms with van der Waals surface area (Å²) >= 11 is 5.88. The molecule has 0 aliphatic rings. The molecule has 0 aliphatic heterocycles. The van der Waals surface area contributed by atoms with E-state index in [0.717, 1.165) is 0 Å². The summed E-state index contributed by atoms with van der Waals surface area (Å²) in [7, 11) is 1.78. The third-order valence-corrected chi connectivity index (χ3v) is 2.25. The van der Waals surface area contributed by atoms with E-state index in [1.54, 1.807) is 36.1 Å². The normalized spacial score (nSPS) is 10.5. The van der Waals surface area contributed by atoms with Gasteiger partial charge in [-0.15, -0.1) is 0 Å². The van der Waals surface area contributed by atoms with Gasteiger partial charge in [0.05, 0.1) is 16.3 Å². The number of halogens is 2. The van der Waals surface area contributed by atoms with E-state index >= 15 is 0 Å². The molecule has 1 aromatic heterocycles. The Hall–Kier alpha value is -1.35. The average Bonchev–Trinajstić information content (AvgIpc) is 2.51. The van der Waals surface area contributed by atoms with Gasteiger partial charge in [-0.3, -0.25) is 4.68 Å². The fourth-order valence-corrected chi connectivity index (χ4v) is 1.55. The summed E-state index contributed by atoms with van der Waals surface area (Å²) in [4.78, 5) is 0. The first-order valence-electron chi connectivity index (χ1n) is 4.12. The summed E-state index contributed by atoms with van der Waals surface area (Å²) in [5.74, 6) is -0.351. The van der Waals surface area contributed by atoms with Gasteiger partial charge < -0.3 is 0 Å². The molecule has 2 rings (SSSR count). The number of hydrogen-bond acceptors (Lipinski definition) is 1. The van der Waals surface area contributed by atoms with Crippen LogP contribution in [0.5, 0.6) is 0 Å². The topological polar surface area (TPSA) is 17.8 Å². The van der Waals surface area contributed by atoms with Crippen LogP contribution in [0.3, 0.4) is 0 Å². The lowest BCUT2D eigenvalue weighted by Crippen LogP contribution is -1.90. The fourth-order valence-electron chi connectivity index (χ4n) is 1.29. The molecule has 14 heavy (non-hydrogen) atoms. The van der Waals surface area contributed by atoms with Crippen molar-refractivity contribution in [2.75, 3.05) is 0 Å². The van der Waals surface area contributed by atoms with Crippen LogP contribution in [-0.4, -0.2) is 9.78 Å². The minimum atomic E-state index is -0.351. The van der Waals surface area contributed by atoms with Gasteiger partial charge in [-0.1, -0.05) is 17.7 Å². The van der Waals surface area contributed by atoms with E-state index in [2.05, 4.69) is 5.10 Å². The molecule has 1 aromatic carbocycles. The standard InChI is InChI=1S/C10H8ClFN2/c1-14-6-5-9(13-14)10-7(11)3-2-4-8(10)12/h2-6H,1H3. The van der Waals surface area contributed by atoms with Crippen molar-refractivity contribution in [3.05, 3.63) is 41.3 Å². The molecule has 0 saturated heterocycles. The molecule has 4 heteroatoms. The van der Waals surface area contributed by atoms with E-state index in [4.69, 9.17) is 11.6 Å². The van der Waals surface area contributed by atoms with Crippen LogP contribution in [-0.2, 0) is 7.05 Å². The van der Waals surface area contributed by atoms with Crippen molar-refractivity contribution in [3.8, 4) is 11.3 Å². The minimum Gasteiger partial charge on any atom is -0.275 e. The van der Waals surface area contributed by atoms with Crippen LogP contribution < -0.4 is 0 Å². The molecule has 2 aromatic rings. The molecule has 2 nitrogen and oxygen atoms in total. The Bertz CT molecular complexity index is 445. The first-order chi connectivity index (χ1) is 6.68. The maximum absolute atomic E-state index is 13.4. The molecular formula is C10H8ClFN2. The van der Waals surface area contributed by atoms with Crippen LogP contribution in [0, 0.1) is 5.82 Å². The van der Waals surface area contributed by atoms with Crippen LogP contribution in [0.4, 0.5) is 4.39 Å². The second kappa shape index (κ2) is 3.42.